The van der Waals surface area contributed by atoms with Gasteiger partial charge in [0.15, 0.2) is 0 Å². The van der Waals surface area contributed by atoms with E-state index in [0.29, 0.717) is 12.2 Å². The highest BCUT2D eigenvalue weighted by Crippen LogP contribution is 2.30. The van der Waals surface area contributed by atoms with Crippen LogP contribution < -0.4 is 10.6 Å². The molecule has 2 aromatic heterocycles. The van der Waals surface area contributed by atoms with Crippen molar-refractivity contribution in [2.75, 3.05) is 11.9 Å². The number of carbonyl (C=O) groups is 2. The second kappa shape index (κ2) is 8.21. The molecule has 0 saturated carbocycles. The fraction of sp³-hybridized carbons (Fsp3) is 0.318. The van der Waals surface area contributed by atoms with Crippen LogP contribution in [0.2, 0.25) is 0 Å². The summed E-state index contributed by atoms with van der Waals surface area (Å²) in [4.78, 5) is 29.7. The number of imidazole rings is 1. The number of hydrogen-bond donors (Lipinski definition) is 2. The van der Waals surface area contributed by atoms with E-state index in [0.717, 1.165) is 41.0 Å². The van der Waals surface area contributed by atoms with Crippen LogP contribution in [-0.2, 0) is 17.6 Å². The number of thiophene rings is 1. The first-order valence-corrected chi connectivity index (χ1v) is 10.8. The van der Waals surface area contributed by atoms with Gasteiger partial charge < -0.3 is 15.2 Å². The first-order chi connectivity index (χ1) is 14.1. The van der Waals surface area contributed by atoms with E-state index in [1.54, 1.807) is 17.5 Å². The lowest BCUT2D eigenvalue weighted by atomic mass is 10.0. The molecular formula is C22H24N4O2S. The Morgan fingerprint density at radius 2 is 2.03 bits per heavy atom. The van der Waals surface area contributed by atoms with E-state index >= 15 is 0 Å². The lowest BCUT2D eigenvalue weighted by Gasteiger charge is -2.27. The number of aryl methyl sites for hydroxylation is 2. The Balaban J connectivity index is 1.61. The van der Waals surface area contributed by atoms with Crippen molar-refractivity contribution in [2.45, 2.75) is 39.2 Å². The molecule has 2 amide bonds. The average molecular weight is 409 g/mol. The number of nitrogens with zero attached hydrogens (tertiary/aromatic N) is 2. The molecule has 2 N–H and O–H groups in total. The largest absolute Gasteiger partial charge is 0.349 e. The Kier molecular flexibility index (Phi) is 5.49. The lowest BCUT2D eigenvalue weighted by molar-refractivity contribution is -0.117. The zero-order valence-corrected chi connectivity index (χ0v) is 17.4. The van der Waals surface area contributed by atoms with Gasteiger partial charge >= 0.3 is 0 Å². The van der Waals surface area contributed by atoms with Crippen molar-refractivity contribution in [2.24, 2.45) is 0 Å². The number of rotatable bonds is 6. The van der Waals surface area contributed by atoms with Crippen LogP contribution in [0.15, 0.2) is 41.2 Å². The third-order valence-electron chi connectivity index (χ3n) is 5.36. The van der Waals surface area contributed by atoms with Crippen LogP contribution in [0.25, 0.3) is 11.4 Å². The second-order valence-corrected chi connectivity index (χ2v) is 7.90. The number of anilines is 1. The van der Waals surface area contributed by atoms with E-state index < -0.39 is 0 Å². The maximum Gasteiger partial charge on any atom is 0.269 e. The van der Waals surface area contributed by atoms with Gasteiger partial charge in [-0.05, 0) is 35.4 Å². The Morgan fingerprint density at radius 1 is 1.28 bits per heavy atom. The summed E-state index contributed by atoms with van der Waals surface area (Å²) in [6.07, 6.45) is 3.57. The molecule has 4 rings (SSSR count). The fourth-order valence-electron chi connectivity index (χ4n) is 3.87. The van der Waals surface area contributed by atoms with Crippen LogP contribution in [0, 0.1) is 0 Å². The summed E-state index contributed by atoms with van der Waals surface area (Å²) in [6, 6.07) is 7.94. The molecule has 7 heteroatoms. The van der Waals surface area contributed by atoms with E-state index in [1.165, 1.54) is 0 Å². The zero-order chi connectivity index (χ0) is 20.4. The number of nitrogens with one attached hydrogen (secondary N) is 2. The molecular weight excluding hydrogens is 384 g/mol. The van der Waals surface area contributed by atoms with Crippen molar-refractivity contribution in [3.63, 3.8) is 0 Å². The number of benzene rings is 1. The van der Waals surface area contributed by atoms with E-state index in [4.69, 9.17) is 0 Å². The molecule has 6 nitrogen and oxygen atoms in total. The standard InChI is InChI=1S/C22H24N4O2S/c1-3-14-6-5-7-15(4-2)20(14)25-19(27)10-17-11-24-22(28)18-12-23-21(26(17)18)16-8-9-29-13-16/h5-9,12-13,17H,3-4,10-11H2,1-2H3,(H,24,28)(H,25,27). The summed E-state index contributed by atoms with van der Waals surface area (Å²) >= 11 is 1.58. The summed E-state index contributed by atoms with van der Waals surface area (Å²) in [5, 5.41) is 10.0. The van der Waals surface area contributed by atoms with Gasteiger partial charge in [-0.1, -0.05) is 32.0 Å². The minimum atomic E-state index is -0.182. The highest BCUT2D eigenvalue weighted by Gasteiger charge is 2.30. The summed E-state index contributed by atoms with van der Waals surface area (Å²) in [6.45, 7) is 4.58. The van der Waals surface area contributed by atoms with Gasteiger partial charge in [0.05, 0.1) is 12.2 Å². The van der Waals surface area contributed by atoms with Gasteiger partial charge in [0, 0.05) is 29.6 Å². The quantitative estimate of drug-likeness (QED) is 0.646. The van der Waals surface area contributed by atoms with Crippen LogP contribution in [0.5, 0.6) is 0 Å². The second-order valence-electron chi connectivity index (χ2n) is 7.12. The van der Waals surface area contributed by atoms with E-state index in [9.17, 15) is 9.59 Å². The Morgan fingerprint density at radius 3 is 2.69 bits per heavy atom. The van der Waals surface area contributed by atoms with Gasteiger partial charge in [-0.25, -0.2) is 4.98 Å². The minimum absolute atomic E-state index is 0.0577. The van der Waals surface area contributed by atoms with Crippen molar-refractivity contribution >= 4 is 28.8 Å². The number of hydrogen-bond acceptors (Lipinski definition) is 4. The Bertz CT molecular complexity index is 1020. The lowest BCUT2D eigenvalue weighted by Crippen LogP contribution is -2.40. The molecule has 0 radical (unpaired) electrons. The molecule has 0 aliphatic carbocycles. The van der Waals surface area contributed by atoms with Crippen LogP contribution in [-0.4, -0.2) is 27.9 Å². The molecule has 0 fully saturated rings. The van der Waals surface area contributed by atoms with Gasteiger partial charge in [-0.2, -0.15) is 11.3 Å². The molecule has 1 aliphatic heterocycles. The monoisotopic (exact) mass is 408 g/mol. The van der Waals surface area contributed by atoms with E-state index in [-0.39, 0.29) is 24.3 Å². The highest BCUT2D eigenvalue weighted by atomic mass is 32.1. The normalized spacial score (nSPS) is 15.7. The van der Waals surface area contributed by atoms with Gasteiger partial charge in [0.25, 0.3) is 5.91 Å². The van der Waals surface area contributed by atoms with Gasteiger partial charge in [-0.3, -0.25) is 9.59 Å². The van der Waals surface area contributed by atoms with Crippen molar-refractivity contribution in [1.29, 1.82) is 0 Å². The summed E-state index contributed by atoms with van der Waals surface area (Å²) in [5.74, 6) is 0.523. The number of fused-ring (bicyclic) bond motifs is 1. The molecule has 3 aromatic rings. The van der Waals surface area contributed by atoms with Crippen molar-refractivity contribution in [3.05, 3.63) is 58.0 Å². The SMILES string of the molecule is CCc1cccc(CC)c1NC(=O)CC1CNC(=O)c2cnc(-c3ccsc3)n21. The van der Waals surface area contributed by atoms with Crippen LogP contribution in [0.1, 0.15) is 47.9 Å². The third kappa shape index (κ3) is 3.70. The first kappa shape index (κ1) is 19.4. The Hall–Kier alpha value is -2.93. The number of para-hydroxylation sites is 1. The molecule has 0 spiro atoms. The summed E-state index contributed by atoms with van der Waals surface area (Å²) in [5.41, 5.74) is 4.66. The van der Waals surface area contributed by atoms with Crippen molar-refractivity contribution in [3.8, 4) is 11.4 Å². The van der Waals surface area contributed by atoms with Gasteiger partial charge in [0.2, 0.25) is 5.91 Å². The van der Waals surface area contributed by atoms with E-state index in [1.807, 2.05) is 27.5 Å². The minimum Gasteiger partial charge on any atom is -0.349 e. The topological polar surface area (TPSA) is 76.0 Å². The molecule has 3 heterocycles. The predicted octanol–water partition coefficient (Wildman–Crippen LogP) is 4.05. The molecule has 0 saturated heterocycles. The molecule has 1 aromatic carbocycles. The average Bonchev–Trinajstić information content (AvgIpc) is 3.40. The van der Waals surface area contributed by atoms with Crippen LogP contribution in [0.3, 0.4) is 0 Å². The third-order valence-corrected chi connectivity index (χ3v) is 6.04. The van der Waals surface area contributed by atoms with E-state index in [2.05, 4.69) is 41.6 Å². The molecule has 1 atom stereocenters. The Labute approximate surface area is 174 Å². The molecule has 1 unspecified atom stereocenters. The fourth-order valence-corrected chi connectivity index (χ4v) is 4.50. The number of amides is 2. The molecule has 1 aliphatic rings. The smallest absolute Gasteiger partial charge is 0.269 e. The maximum absolute atomic E-state index is 13.0. The highest BCUT2D eigenvalue weighted by molar-refractivity contribution is 7.08. The molecule has 150 valence electrons. The van der Waals surface area contributed by atoms with Gasteiger partial charge in [0.1, 0.15) is 11.5 Å². The number of aromatic nitrogens is 2. The number of carbonyl (C=O) groups excluding carboxylic acids is 2. The molecule has 0 bridgehead atoms. The summed E-state index contributed by atoms with van der Waals surface area (Å²) in [7, 11) is 0. The molecule has 29 heavy (non-hydrogen) atoms. The van der Waals surface area contributed by atoms with Crippen LogP contribution in [0.4, 0.5) is 5.69 Å². The maximum atomic E-state index is 13.0. The summed E-state index contributed by atoms with van der Waals surface area (Å²) < 4.78 is 1.91. The van der Waals surface area contributed by atoms with Crippen molar-refractivity contribution in [1.82, 2.24) is 14.9 Å². The van der Waals surface area contributed by atoms with Crippen LogP contribution >= 0.6 is 11.3 Å². The first-order valence-electron chi connectivity index (χ1n) is 9.91. The predicted molar refractivity (Wildman–Crippen MR) is 115 cm³/mol. The van der Waals surface area contributed by atoms with Crippen molar-refractivity contribution < 1.29 is 9.59 Å². The zero-order valence-electron chi connectivity index (χ0n) is 16.6. The van der Waals surface area contributed by atoms with Gasteiger partial charge in [-0.15, -0.1) is 0 Å².